The van der Waals surface area contributed by atoms with Gasteiger partial charge in [-0.1, -0.05) is 0 Å². The second-order valence-corrected chi connectivity index (χ2v) is 5.01. The zero-order valence-electron chi connectivity index (χ0n) is 10.4. The van der Waals surface area contributed by atoms with Crippen LogP contribution in [0.2, 0.25) is 0 Å². The van der Waals surface area contributed by atoms with Gasteiger partial charge in [0.25, 0.3) is 5.69 Å². The summed E-state index contributed by atoms with van der Waals surface area (Å²) in [6.07, 6.45) is 1.08. The Labute approximate surface area is 108 Å². The van der Waals surface area contributed by atoms with Crippen LogP contribution in [0.25, 0.3) is 0 Å². The fourth-order valence-corrected chi connectivity index (χ4v) is 2.39. The van der Waals surface area contributed by atoms with Crippen LogP contribution in [0.1, 0.15) is 19.8 Å². The zero-order valence-corrected chi connectivity index (χ0v) is 10.4. The van der Waals surface area contributed by atoms with Gasteiger partial charge in [-0.05, 0) is 25.8 Å². The molecule has 1 unspecified atom stereocenters. The van der Waals surface area contributed by atoms with Crippen LogP contribution in [0.5, 0.6) is 0 Å². The molecule has 0 saturated carbocycles. The van der Waals surface area contributed by atoms with Crippen LogP contribution in [0.4, 0.5) is 20.2 Å². The second-order valence-electron chi connectivity index (χ2n) is 5.01. The van der Waals surface area contributed by atoms with Crippen LogP contribution >= 0.6 is 0 Å². The van der Waals surface area contributed by atoms with E-state index in [0.29, 0.717) is 19.4 Å². The summed E-state index contributed by atoms with van der Waals surface area (Å²) in [5.41, 5.74) is -1.94. The third-order valence-electron chi connectivity index (χ3n) is 3.24. The van der Waals surface area contributed by atoms with Crippen molar-refractivity contribution in [3.05, 3.63) is 33.9 Å². The normalized spacial score (nSPS) is 23.5. The molecule has 0 bridgehead atoms. The standard InChI is InChI=1S/C12H14F2N2O3/c1-12(17)5-2-6-15(7-12)11-9(16(18)19)4-3-8(13)10(11)14/h3-4,17H,2,5-7H2,1H3. The van der Waals surface area contributed by atoms with E-state index in [1.165, 1.54) is 4.90 Å². The third-order valence-corrected chi connectivity index (χ3v) is 3.24. The Hall–Kier alpha value is -1.76. The van der Waals surface area contributed by atoms with E-state index in [-0.39, 0.29) is 12.2 Å². The largest absolute Gasteiger partial charge is 0.388 e. The van der Waals surface area contributed by atoms with Crippen LogP contribution in [0.3, 0.4) is 0 Å². The van der Waals surface area contributed by atoms with E-state index >= 15 is 0 Å². The predicted octanol–water partition coefficient (Wildman–Crippen LogP) is 2.22. The number of aliphatic hydroxyl groups is 1. The molecule has 5 nitrogen and oxygen atoms in total. The molecule has 1 aromatic carbocycles. The van der Waals surface area contributed by atoms with Gasteiger partial charge in [0.2, 0.25) is 0 Å². The van der Waals surface area contributed by atoms with Crippen LogP contribution in [0.15, 0.2) is 12.1 Å². The lowest BCUT2D eigenvalue weighted by molar-refractivity contribution is -0.384. The van der Waals surface area contributed by atoms with E-state index in [4.69, 9.17) is 0 Å². The lowest BCUT2D eigenvalue weighted by Crippen LogP contribution is -2.46. The molecular weight excluding hydrogens is 258 g/mol. The Morgan fingerprint density at radius 2 is 2.16 bits per heavy atom. The van der Waals surface area contributed by atoms with E-state index in [9.17, 15) is 24.0 Å². The highest BCUT2D eigenvalue weighted by molar-refractivity contribution is 5.64. The Morgan fingerprint density at radius 3 is 2.74 bits per heavy atom. The molecule has 1 atom stereocenters. The Morgan fingerprint density at radius 1 is 1.47 bits per heavy atom. The lowest BCUT2D eigenvalue weighted by Gasteiger charge is -2.37. The predicted molar refractivity (Wildman–Crippen MR) is 65.1 cm³/mol. The first kappa shape index (κ1) is 13.7. The summed E-state index contributed by atoms with van der Waals surface area (Å²) >= 11 is 0. The minimum Gasteiger partial charge on any atom is -0.388 e. The molecule has 0 aromatic heterocycles. The van der Waals surface area contributed by atoms with Crippen molar-refractivity contribution in [2.75, 3.05) is 18.0 Å². The topological polar surface area (TPSA) is 66.6 Å². The summed E-state index contributed by atoms with van der Waals surface area (Å²) in [4.78, 5) is 11.5. The number of halogens is 2. The van der Waals surface area contributed by atoms with Crippen molar-refractivity contribution >= 4 is 11.4 Å². The minimum atomic E-state index is -1.24. The van der Waals surface area contributed by atoms with Gasteiger partial charge in [0, 0.05) is 19.2 Å². The summed E-state index contributed by atoms with van der Waals surface area (Å²) in [6, 6.07) is 1.68. The fraction of sp³-hybridized carbons (Fsp3) is 0.500. The Balaban J connectivity index is 2.48. The number of nitro benzene ring substituents is 1. The molecular formula is C12H14F2N2O3. The molecule has 1 aliphatic rings. The third kappa shape index (κ3) is 2.65. The molecule has 1 aromatic rings. The lowest BCUT2D eigenvalue weighted by atomic mass is 9.94. The highest BCUT2D eigenvalue weighted by Gasteiger charge is 2.34. The first-order valence-corrected chi connectivity index (χ1v) is 5.91. The van der Waals surface area contributed by atoms with Crippen molar-refractivity contribution in [2.24, 2.45) is 0 Å². The molecule has 1 N–H and O–H groups in total. The average molecular weight is 272 g/mol. The van der Waals surface area contributed by atoms with Crippen LogP contribution < -0.4 is 4.90 Å². The van der Waals surface area contributed by atoms with Crippen molar-refractivity contribution < 1.29 is 18.8 Å². The van der Waals surface area contributed by atoms with Crippen molar-refractivity contribution in [1.82, 2.24) is 0 Å². The number of rotatable bonds is 2. The monoisotopic (exact) mass is 272 g/mol. The number of nitrogens with zero attached hydrogens (tertiary/aromatic N) is 2. The van der Waals surface area contributed by atoms with Crippen molar-refractivity contribution in [3.63, 3.8) is 0 Å². The molecule has 0 aliphatic carbocycles. The van der Waals surface area contributed by atoms with E-state index in [1.807, 2.05) is 0 Å². The molecule has 2 rings (SSSR count). The van der Waals surface area contributed by atoms with Gasteiger partial charge >= 0.3 is 0 Å². The molecule has 0 amide bonds. The zero-order chi connectivity index (χ0) is 14.2. The fourth-order valence-electron chi connectivity index (χ4n) is 2.39. The van der Waals surface area contributed by atoms with Gasteiger partial charge in [0.15, 0.2) is 17.3 Å². The van der Waals surface area contributed by atoms with Gasteiger partial charge in [-0.25, -0.2) is 8.78 Å². The molecule has 1 saturated heterocycles. The summed E-state index contributed by atoms with van der Waals surface area (Å²) in [7, 11) is 0. The molecule has 1 heterocycles. The Kier molecular flexibility index (Phi) is 3.40. The smallest absolute Gasteiger partial charge is 0.295 e. The number of hydrogen-bond acceptors (Lipinski definition) is 4. The van der Waals surface area contributed by atoms with Gasteiger partial charge in [-0.3, -0.25) is 10.1 Å². The number of β-amino-alcohol motifs (C(OH)–C–C–N with tert-alkyl or cyclic N) is 1. The summed E-state index contributed by atoms with van der Waals surface area (Å²) in [6.45, 7) is 1.95. The number of piperidine rings is 1. The van der Waals surface area contributed by atoms with E-state index in [0.717, 1.165) is 12.1 Å². The summed E-state index contributed by atoms with van der Waals surface area (Å²) in [5.74, 6) is -2.38. The first-order chi connectivity index (χ1) is 8.82. The van der Waals surface area contributed by atoms with Crippen molar-refractivity contribution in [2.45, 2.75) is 25.4 Å². The maximum atomic E-state index is 13.9. The summed E-state index contributed by atoms with van der Waals surface area (Å²) in [5, 5.41) is 20.9. The van der Waals surface area contributed by atoms with E-state index < -0.39 is 27.8 Å². The van der Waals surface area contributed by atoms with Crippen LogP contribution in [-0.4, -0.2) is 28.7 Å². The van der Waals surface area contributed by atoms with Crippen LogP contribution in [0, 0.1) is 21.7 Å². The highest BCUT2D eigenvalue weighted by Crippen LogP contribution is 2.35. The molecule has 0 radical (unpaired) electrons. The summed E-state index contributed by atoms with van der Waals surface area (Å²) < 4.78 is 27.1. The first-order valence-electron chi connectivity index (χ1n) is 5.91. The van der Waals surface area contributed by atoms with Gasteiger partial charge < -0.3 is 10.0 Å². The van der Waals surface area contributed by atoms with Gasteiger partial charge in [0.1, 0.15) is 0 Å². The molecule has 104 valence electrons. The molecule has 19 heavy (non-hydrogen) atoms. The van der Waals surface area contributed by atoms with Crippen molar-refractivity contribution in [3.8, 4) is 0 Å². The highest BCUT2D eigenvalue weighted by atomic mass is 19.2. The second kappa shape index (κ2) is 4.73. The average Bonchev–Trinajstić information content (AvgIpc) is 2.30. The van der Waals surface area contributed by atoms with E-state index in [2.05, 4.69) is 0 Å². The van der Waals surface area contributed by atoms with Gasteiger partial charge in [-0.15, -0.1) is 0 Å². The Bertz CT molecular complexity index is 520. The molecule has 1 aliphatic heterocycles. The van der Waals surface area contributed by atoms with Gasteiger partial charge in [-0.2, -0.15) is 0 Å². The SMILES string of the molecule is CC1(O)CCCN(c2c([N+](=O)[O-])ccc(F)c2F)C1. The van der Waals surface area contributed by atoms with Gasteiger partial charge in [0.05, 0.1) is 10.5 Å². The number of anilines is 1. The number of hydrogen-bond donors (Lipinski definition) is 1. The molecule has 0 spiro atoms. The van der Waals surface area contributed by atoms with E-state index in [1.54, 1.807) is 6.92 Å². The molecule has 1 fully saturated rings. The minimum absolute atomic E-state index is 0.0359. The quantitative estimate of drug-likeness (QED) is 0.662. The maximum Gasteiger partial charge on any atom is 0.295 e. The maximum absolute atomic E-state index is 13.9. The molecule has 7 heteroatoms. The number of benzene rings is 1. The number of nitro groups is 1. The van der Waals surface area contributed by atoms with Crippen LogP contribution in [-0.2, 0) is 0 Å². The van der Waals surface area contributed by atoms with Crippen molar-refractivity contribution in [1.29, 1.82) is 0 Å².